The van der Waals surface area contributed by atoms with Gasteiger partial charge in [-0.3, -0.25) is 0 Å². The molecule has 0 aliphatic heterocycles. The molecule has 2 unspecified atom stereocenters. The molecule has 4 heteroatoms. The van der Waals surface area contributed by atoms with Crippen molar-refractivity contribution in [2.24, 2.45) is 0 Å². The van der Waals surface area contributed by atoms with Gasteiger partial charge < -0.3 is 15.3 Å². The fraction of sp³-hybridized carbons (Fsp3) is 0.500. The van der Waals surface area contributed by atoms with Gasteiger partial charge in [0, 0.05) is 12.4 Å². The van der Waals surface area contributed by atoms with Gasteiger partial charge in [-0.15, -0.1) is 0 Å². The van der Waals surface area contributed by atoms with Crippen LogP contribution in [0.5, 0.6) is 0 Å². The van der Waals surface area contributed by atoms with E-state index in [4.69, 9.17) is 5.11 Å². The van der Waals surface area contributed by atoms with Gasteiger partial charge in [0.2, 0.25) is 0 Å². The number of hydrogen-bond acceptors (Lipinski definition) is 4. The van der Waals surface area contributed by atoms with Crippen molar-refractivity contribution in [2.45, 2.75) is 25.0 Å². The minimum atomic E-state index is -0.910. The number of benzene rings is 1. The summed E-state index contributed by atoms with van der Waals surface area (Å²) in [6.45, 7) is 0.125. The maximum absolute atomic E-state index is 9.91. The van der Waals surface area contributed by atoms with Gasteiger partial charge in [0.25, 0.3) is 0 Å². The summed E-state index contributed by atoms with van der Waals surface area (Å²) >= 11 is 3.96. The third-order valence-electron chi connectivity index (χ3n) is 2.53. The van der Waals surface area contributed by atoms with Gasteiger partial charge in [-0.05, 0) is 24.0 Å². The molecule has 0 spiro atoms. The molecule has 0 amide bonds. The monoisotopic (exact) mass is 242 g/mol. The van der Waals surface area contributed by atoms with E-state index in [2.05, 4.69) is 12.6 Å². The van der Waals surface area contributed by atoms with Crippen LogP contribution in [0.4, 0.5) is 0 Å². The number of rotatable bonds is 6. The zero-order valence-corrected chi connectivity index (χ0v) is 9.98. The highest BCUT2D eigenvalue weighted by molar-refractivity contribution is 7.80. The summed E-state index contributed by atoms with van der Waals surface area (Å²) in [5.41, 5.74) is 1.68. The lowest BCUT2D eigenvalue weighted by Crippen LogP contribution is -2.21. The number of thiol groups is 1. The molecule has 16 heavy (non-hydrogen) atoms. The van der Waals surface area contributed by atoms with Crippen molar-refractivity contribution in [3.63, 3.8) is 0 Å². The summed E-state index contributed by atoms with van der Waals surface area (Å²) in [7, 11) is 0. The molecule has 0 fully saturated rings. The van der Waals surface area contributed by atoms with E-state index in [0.29, 0.717) is 12.8 Å². The molecule has 0 aliphatic carbocycles. The number of aliphatic hydroxyl groups is 3. The third kappa shape index (κ3) is 3.49. The van der Waals surface area contributed by atoms with Gasteiger partial charge in [-0.2, -0.15) is 12.6 Å². The van der Waals surface area contributed by atoms with Crippen LogP contribution in [0, 0.1) is 0 Å². The molecule has 90 valence electrons. The molecular weight excluding hydrogens is 224 g/mol. The summed E-state index contributed by atoms with van der Waals surface area (Å²) in [5.74, 6) is 0.218. The average Bonchev–Trinajstić information content (AvgIpc) is 2.34. The van der Waals surface area contributed by atoms with Gasteiger partial charge in [0.1, 0.15) is 6.10 Å². The van der Waals surface area contributed by atoms with Crippen LogP contribution in [-0.2, 0) is 6.42 Å². The second-order valence-corrected chi connectivity index (χ2v) is 4.09. The second kappa shape index (κ2) is 6.91. The first-order chi connectivity index (χ1) is 7.70. The van der Waals surface area contributed by atoms with Crippen molar-refractivity contribution >= 4 is 12.6 Å². The quantitative estimate of drug-likeness (QED) is 0.561. The SMILES string of the molecule is OCCCc1ccccc1C(O)C(O)CS. The standard InChI is InChI=1S/C12H18O3S/c13-7-3-5-9-4-1-2-6-10(9)12(15)11(14)8-16/h1-2,4,6,11-16H,3,5,7-8H2. The van der Waals surface area contributed by atoms with Crippen molar-refractivity contribution in [3.8, 4) is 0 Å². The second-order valence-electron chi connectivity index (χ2n) is 3.72. The van der Waals surface area contributed by atoms with Gasteiger partial charge in [-0.1, -0.05) is 24.3 Å². The average molecular weight is 242 g/mol. The highest BCUT2D eigenvalue weighted by Crippen LogP contribution is 2.22. The van der Waals surface area contributed by atoms with Crippen LogP contribution >= 0.6 is 12.6 Å². The van der Waals surface area contributed by atoms with E-state index >= 15 is 0 Å². The first kappa shape index (κ1) is 13.5. The molecule has 1 rings (SSSR count). The molecule has 0 radical (unpaired) electrons. The summed E-state index contributed by atoms with van der Waals surface area (Å²) < 4.78 is 0. The van der Waals surface area contributed by atoms with Gasteiger partial charge >= 0.3 is 0 Å². The minimum absolute atomic E-state index is 0.125. The zero-order chi connectivity index (χ0) is 12.0. The molecule has 2 atom stereocenters. The Morgan fingerprint density at radius 2 is 1.88 bits per heavy atom. The van der Waals surface area contributed by atoms with Crippen LogP contribution < -0.4 is 0 Å². The molecule has 0 saturated heterocycles. The fourth-order valence-electron chi connectivity index (χ4n) is 1.63. The van der Waals surface area contributed by atoms with Gasteiger partial charge in [0.15, 0.2) is 0 Å². The highest BCUT2D eigenvalue weighted by atomic mass is 32.1. The van der Waals surface area contributed by atoms with E-state index in [9.17, 15) is 10.2 Å². The summed E-state index contributed by atoms with van der Waals surface area (Å²) in [4.78, 5) is 0. The Morgan fingerprint density at radius 3 is 2.50 bits per heavy atom. The maximum Gasteiger partial charge on any atom is 0.106 e. The van der Waals surface area contributed by atoms with Crippen molar-refractivity contribution in [1.82, 2.24) is 0 Å². The lowest BCUT2D eigenvalue weighted by Gasteiger charge is -2.19. The normalized spacial score (nSPS) is 14.8. The van der Waals surface area contributed by atoms with E-state index in [1.165, 1.54) is 0 Å². The molecule has 1 aromatic carbocycles. The molecule has 1 aromatic rings. The molecule has 0 heterocycles. The molecule has 0 aromatic heterocycles. The van der Waals surface area contributed by atoms with Crippen LogP contribution in [0.3, 0.4) is 0 Å². The maximum atomic E-state index is 9.91. The Hall–Kier alpha value is -0.550. The summed E-state index contributed by atoms with van der Waals surface area (Å²) in [6.07, 6.45) is -0.421. The van der Waals surface area contributed by atoms with Gasteiger partial charge in [-0.25, -0.2) is 0 Å². The third-order valence-corrected chi connectivity index (χ3v) is 2.90. The van der Waals surface area contributed by atoms with Crippen LogP contribution in [0.2, 0.25) is 0 Å². The van der Waals surface area contributed by atoms with Crippen LogP contribution in [0.1, 0.15) is 23.7 Å². The largest absolute Gasteiger partial charge is 0.396 e. The predicted molar refractivity (Wildman–Crippen MR) is 66.7 cm³/mol. The Kier molecular flexibility index (Phi) is 5.84. The van der Waals surface area contributed by atoms with Crippen molar-refractivity contribution in [1.29, 1.82) is 0 Å². The minimum Gasteiger partial charge on any atom is -0.396 e. The Labute approximate surface area is 101 Å². The highest BCUT2D eigenvalue weighted by Gasteiger charge is 2.19. The van der Waals surface area contributed by atoms with E-state index < -0.39 is 12.2 Å². The molecule has 0 aliphatic rings. The molecular formula is C12H18O3S. The van der Waals surface area contributed by atoms with Crippen molar-refractivity contribution in [3.05, 3.63) is 35.4 Å². The number of aryl methyl sites for hydroxylation is 1. The molecule has 3 N–H and O–H groups in total. The summed E-state index contributed by atoms with van der Waals surface area (Å²) in [5, 5.41) is 28.3. The van der Waals surface area contributed by atoms with Crippen LogP contribution in [0.25, 0.3) is 0 Å². The Bertz CT molecular complexity index is 317. The van der Waals surface area contributed by atoms with Crippen molar-refractivity contribution in [2.75, 3.05) is 12.4 Å². The van der Waals surface area contributed by atoms with Crippen molar-refractivity contribution < 1.29 is 15.3 Å². The van der Waals surface area contributed by atoms with E-state index in [1.54, 1.807) is 6.07 Å². The summed E-state index contributed by atoms with van der Waals surface area (Å²) in [6, 6.07) is 7.41. The topological polar surface area (TPSA) is 60.7 Å². The fourth-order valence-corrected chi connectivity index (χ4v) is 1.83. The molecule has 3 nitrogen and oxygen atoms in total. The Morgan fingerprint density at radius 1 is 1.19 bits per heavy atom. The van der Waals surface area contributed by atoms with E-state index in [1.807, 2.05) is 18.2 Å². The molecule has 0 bridgehead atoms. The Balaban J connectivity index is 2.84. The predicted octanol–water partition coefficient (Wildman–Crippen LogP) is 0.936. The van der Waals surface area contributed by atoms with Crippen LogP contribution in [0.15, 0.2) is 24.3 Å². The molecule has 0 saturated carbocycles. The van der Waals surface area contributed by atoms with E-state index in [0.717, 1.165) is 11.1 Å². The number of hydrogen-bond donors (Lipinski definition) is 4. The lowest BCUT2D eigenvalue weighted by molar-refractivity contribution is 0.0331. The first-order valence-corrected chi connectivity index (χ1v) is 5.99. The number of aliphatic hydroxyl groups excluding tert-OH is 3. The van der Waals surface area contributed by atoms with Crippen LogP contribution in [-0.4, -0.2) is 33.8 Å². The lowest BCUT2D eigenvalue weighted by atomic mass is 9.96. The van der Waals surface area contributed by atoms with Gasteiger partial charge in [0.05, 0.1) is 6.10 Å². The first-order valence-electron chi connectivity index (χ1n) is 5.36. The smallest absolute Gasteiger partial charge is 0.106 e. The zero-order valence-electron chi connectivity index (χ0n) is 9.08. The van der Waals surface area contributed by atoms with E-state index in [-0.39, 0.29) is 12.4 Å².